The summed E-state index contributed by atoms with van der Waals surface area (Å²) >= 11 is 0. The van der Waals surface area contributed by atoms with Gasteiger partial charge in [0.2, 0.25) is 0 Å². The summed E-state index contributed by atoms with van der Waals surface area (Å²) in [5.74, 6) is -1.33. The van der Waals surface area contributed by atoms with Gasteiger partial charge in [-0.3, -0.25) is 0 Å². The smallest absolute Gasteiger partial charge is 0.407 e. The van der Waals surface area contributed by atoms with Gasteiger partial charge in [0, 0.05) is 11.6 Å². The van der Waals surface area contributed by atoms with Crippen molar-refractivity contribution in [2.24, 2.45) is 0 Å². The molecule has 0 saturated heterocycles. The summed E-state index contributed by atoms with van der Waals surface area (Å²) in [5.41, 5.74) is 0.403. The molecule has 2 rings (SSSR count). The number of rotatable bonds is 2. The van der Waals surface area contributed by atoms with Gasteiger partial charge in [0.05, 0.1) is 12.6 Å². The van der Waals surface area contributed by atoms with E-state index in [1.807, 2.05) is 0 Å². The van der Waals surface area contributed by atoms with E-state index in [4.69, 9.17) is 9.47 Å². The van der Waals surface area contributed by atoms with Crippen LogP contribution in [0.15, 0.2) is 12.1 Å². The van der Waals surface area contributed by atoms with E-state index in [1.54, 1.807) is 6.92 Å². The zero-order valence-electron chi connectivity index (χ0n) is 9.83. The predicted molar refractivity (Wildman–Crippen MR) is 59.5 cm³/mol. The minimum atomic E-state index is -0.723. The van der Waals surface area contributed by atoms with Crippen LogP contribution < -0.4 is 10.1 Å². The number of fused-ring (bicyclic) bond motifs is 1. The van der Waals surface area contributed by atoms with Gasteiger partial charge in [-0.25, -0.2) is 13.6 Å². The van der Waals surface area contributed by atoms with Crippen molar-refractivity contribution in [2.75, 3.05) is 13.2 Å². The molecule has 4 nitrogen and oxygen atoms in total. The largest absolute Gasteiger partial charge is 0.488 e. The quantitative estimate of drug-likeness (QED) is 0.881. The van der Waals surface area contributed by atoms with Crippen LogP contribution in [0.3, 0.4) is 0 Å². The van der Waals surface area contributed by atoms with Gasteiger partial charge < -0.3 is 14.8 Å². The second kappa shape index (κ2) is 5.20. The fourth-order valence-electron chi connectivity index (χ4n) is 1.87. The average molecular weight is 257 g/mol. The number of halogens is 2. The Labute approximate surface area is 103 Å². The molecular formula is C12H13F2NO3. The Morgan fingerprint density at radius 2 is 2.33 bits per heavy atom. The van der Waals surface area contributed by atoms with Crippen molar-refractivity contribution in [3.63, 3.8) is 0 Å². The Kier molecular flexibility index (Phi) is 3.64. The number of carbonyl (C=O) groups excluding carboxylic acids is 1. The summed E-state index contributed by atoms with van der Waals surface area (Å²) in [6.45, 7) is 2.09. The fourth-order valence-corrected chi connectivity index (χ4v) is 1.87. The van der Waals surface area contributed by atoms with Crippen LogP contribution in [-0.2, 0) is 11.2 Å². The van der Waals surface area contributed by atoms with Crippen molar-refractivity contribution in [2.45, 2.75) is 19.4 Å². The van der Waals surface area contributed by atoms with E-state index in [2.05, 4.69) is 5.32 Å². The van der Waals surface area contributed by atoms with Crippen LogP contribution >= 0.6 is 0 Å². The minimum Gasteiger partial charge on any atom is -0.488 e. The Morgan fingerprint density at radius 3 is 3.06 bits per heavy atom. The van der Waals surface area contributed by atoms with Gasteiger partial charge in [-0.15, -0.1) is 0 Å². The maximum Gasteiger partial charge on any atom is 0.407 e. The van der Waals surface area contributed by atoms with Crippen molar-refractivity contribution < 1.29 is 23.0 Å². The van der Waals surface area contributed by atoms with Crippen LogP contribution in [-0.4, -0.2) is 25.3 Å². The second-order valence-electron chi connectivity index (χ2n) is 3.95. The van der Waals surface area contributed by atoms with Crippen LogP contribution in [0.25, 0.3) is 0 Å². The van der Waals surface area contributed by atoms with Crippen LogP contribution in [0.1, 0.15) is 12.5 Å². The number of ether oxygens (including phenoxy) is 2. The third-order valence-electron chi connectivity index (χ3n) is 2.58. The molecule has 1 N–H and O–H groups in total. The highest BCUT2D eigenvalue weighted by atomic mass is 19.1. The van der Waals surface area contributed by atoms with E-state index in [-0.39, 0.29) is 25.0 Å². The standard InChI is InChI=1S/C12H13F2NO3/c1-2-17-12(16)15-9-4-7-3-8(13)5-10(14)11(7)18-6-9/h3,5,9H,2,4,6H2,1H3,(H,15,16)/t9-/m0/s1. The molecule has 0 radical (unpaired) electrons. The monoisotopic (exact) mass is 257 g/mol. The van der Waals surface area contributed by atoms with Gasteiger partial charge in [-0.2, -0.15) is 0 Å². The predicted octanol–water partition coefficient (Wildman–Crippen LogP) is 2.01. The van der Waals surface area contributed by atoms with Gasteiger partial charge in [0.25, 0.3) is 0 Å². The summed E-state index contributed by atoms with van der Waals surface area (Å²) < 4.78 is 36.3. The molecule has 1 aromatic rings. The Balaban J connectivity index is 2.08. The van der Waals surface area contributed by atoms with E-state index in [0.717, 1.165) is 6.07 Å². The highest BCUT2D eigenvalue weighted by Crippen LogP contribution is 2.28. The molecule has 98 valence electrons. The number of alkyl carbamates (subject to hydrolysis) is 1. The molecule has 0 bridgehead atoms. The molecular weight excluding hydrogens is 244 g/mol. The lowest BCUT2D eigenvalue weighted by atomic mass is 10.0. The van der Waals surface area contributed by atoms with E-state index in [1.165, 1.54) is 6.07 Å². The molecule has 1 aliphatic heterocycles. The summed E-state index contributed by atoms with van der Waals surface area (Å²) in [5, 5.41) is 2.57. The first-order valence-electron chi connectivity index (χ1n) is 5.64. The molecule has 0 saturated carbocycles. The second-order valence-corrected chi connectivity index (χ2v) is 3.95. The molecule has 1 atom stereocenters. The summed E-state index contributed by atoms with van der Waals surface area (Å²) in [6, 6.07) is 1.63. The molecule has 1 heterocycles. The Morgan fingerprint density at radius 1 is 1.56 bits per heavy atom. The zero-order chi connectivity index (χ0) is 13.1. The van der Waals surface area contributed by atoms with Gasteiger partial charge in [0.15, 0.2) is 11.6 Å². The molecule has 1 amide bonds. The molecule has 0 aromatic heterocycles. The molecule has 0 spiro atoms. The van der Waals surface area contributed by atoms with Crippen LogP contribution in [0, 0.1) is 11.6 Å². The molecule has 0 unspecified atom stereocenters. The van der Waals surface area contributed by atoms with Gasteiger partial charge in [0.1, 0.15) is 12.4 Å². The highest BCUT2D eigenvalue weighted by Gasteiger charge is 2.25. The van der Waals surface area contributed by atoms with Crippen LogP contribution in [0.4, 0.5) is 13.6 Å². The first kappa shape index (κ1) is 12.6. The normalized spacial score (nSPS) is 17.6. The molecule has 1 aliphatic rings. The topological polar surface area (TPSA) is 47.6 Å². The summed E-state index contributed by atoms with van der Waals surface area (Å²) in [7, 11) is 0. The van der Waals surface area contributed by atoms with E-state index >= 15 is 0 Å². The molecule has 6 heteroatoms. The van der Waals surface area contributed by atoms with Gasteiger partial charge in [-0.1, -0.05) is 0 Å². The number of hydrogen-bond acceptors (Lipinski definition) is 3. The highest BCUT2D eigenvalue weighted by molar-refractivity contribution is 5.67. The third kappa shape index (κ3) is 2.69. The van der Waals surface area contributed by atoms with Gasteiger partial charge >= 0.3 is 6.09 Å². The van der Waals surface area contributed by atoms with Crippen molar-refractivity contribution >= 4 is 6.09 Å². The molecule has 1 aromatic carbocycles. The van der Waals surface area contributed by atoms with Crippen molar-refractivity contribution in [3.8, 4) is 5.75 Å². The van der Waals surface area contributed by atoms with E-state index in [9.17, 15) is 13.6 Å². The fraction of sp³-hybridized carbons (Fsp3) is 0.417. The summed E-state index contributed by atoms with van der Waals surface area (Å²) in [4.78, 5) is 11.2. The Hall–Kier alpha value is -1.85. The molecule has 0 fully saturated rings. The number of carbonyl (C=O) groups is 1. The number of nitrogens with one attached hydrogen (secondary N) is 1. The lowest BCUT2D eigenvalue weighted by Gasteiger charge is -2.26. The Bertz CT molecular complexity index is 465. The maximum atomic E-state index is 13.4. The van der Waals surface area contributed by atoms with E-state index in [0.29, 0.717) is 12.0 Å². The van der Waals surface area contributed by atoms with E-state index < -0.39 is 17.7 Å². The van der Waals surface area contributed by atoms with Crippen LogP contribution in [0.5, 0.6) is 5.75 Å². The minimum absolute atomic E-state index is 0.0540. The number of hydrogen-bond donors (Lipinski definition) is 1. The number of amides is 1. The number of benzene rings is 1. The zero-order valence-corrected chi connectivity index (χ0v) is 9.83. The maximum absolute atomic E-state index is 13.4. The molecule has 0 aliphatic carbocycles. The lowest BCUT2D eigenvalue weighted by molar-refractivity contribution is 0.139. The van der Waals surface area contributed by atoms with Crippen molar-refractivity contribution in [3.05, 3.63) is 29.3 Å². The van der Waals surface area contributed by atoms with Crippen molar-refractivity contribution in [1.82, 2.24) is 5.32 Å². The van der Waals surface area contributed by atoms with Crippen molar-refractivity contribution in [1.29, 1.82) is 0 Å². The van der Waals surface area contributed by atoms with Crippen LogP contribution in [0.2, 0.25) is 0 Å². The SMILES string of the molecule is CCOC(=O)N[C@@H]1COc2c(F)cc(F)cc2C1. The molecule has 18 heavy (non-hydrogen) atoms. The van der Waals surface area contributed by atoms with Gasteiger partial charge in [-0.05, 0) is 19.4 Å². The average Bonchev–Trinajstić information content (AvgIpc) is 2.28. The first-order valence-corrected chi connectivity index (χ1v) is 5.64. The first-order chi connectivity index (χ1) is 8.60. The lowest BCUT2D eigenvalue weighted by Crippen LogP contribution is -2.43. The summed E-state index contributed by atoms with van der Waals surface area (Å²) in [6.07, 6.45) is -0.255. The third-order valence-corrected chi connectivity index (χ3v) is 2.58.